The Morgan fingerprint density at radius 3 is 3.00 bits per heavy atom. The van der Waals surface area contributed by atoms with Crippen LogP contribution in [0.3, 0.4) is 0 Å². The molecule has 0 aliphatic rings. The zero-order chi connectivity index (χ0) is 9.26. The maximum atomic E-state index is 13.1. The van der Waals surface area contributed by atoms with Gasteiger partial charge in [0.15, 0.2) is 11.4 Å². The van der Waals surface area contributed by atoms with E-state index in [1.807, 2.05) is 0 Å². The number of ether oxygens (including phenoxy) is 1. The van der Waals surface area contributed by atoms with Crippen molar-refractivity contribution in [3.05, 3.63) is 35.8 Å². The van der Waals surface area contributed by atoms with E-state index in [1.165, 1.54) is 6.07 Å². The summed E-state index contributed by atoms with van der Waals surface area (Å²) in [6.07, 6.45) is 0. The van der Waals surface area contributed by atoms with Crippen LogP contribution >= 0.6 is 0 Å². The second kappa shape index (κ2) is 3.18. The van der Waals surface area contributed by atoms with E-state index in [2.05, 4.69) is 0 Å². The predicted molar refractivity (Wildman–Crippen MR) is 46.9 cm³/mol. The molecule has 2 aromatic rings. The van der Waals surface area contributed by atoms with E-state index in [0.29, 0.717) is 18.0 Å². The van der Waals surface area contributed by atoms with Crippen molar-refractivity contribution in [2.75, 3.05) is 7.11 Å². The summed E-state index contributed by atoms with van der Waals surface area (Å²) in [5.41, 5.74) is 0.301. The van der Waals surface area contributed by atoms with E-state index >= 15 is 0 Å². The van der Waals surface area contributed by atoms with Gasteiger partial charge in [-0.2, -0.15) is 0 Å². The fourth-order valence-electron chi connectivity index (χ4n) is 1.29. The van der Waals surface area contributed by atoms with Crippen molar-refractivity contribution in [2.24, 2.45) is 0 Å². The van der Waals surface area contributed by atoms with Gasteiger partial charge in [-0.05, 0) is 12.1 Å². The lowest BCUT2D eigenvalue weighted by atomic mass is 10.2. The average molecular weight is 180 g/mol. The third-order valence-electron chi connectivity index (χ3n) is 1.83. The lowest BCUT2D eigenvalue weighted by Gasteiger charge is -1.90. The molecule has 1 aromatic heterocycles. The quantitative estimate of drug-likeness (QED) is 0.709. The number of halogens is 1. The van der Waals surface area contributed by atoms with Crippen molar-refractivity contribution < 1.29 is 13.5 Å². The Morgan fingerprint density at radius 1 is 1.46 bits per heavy atom. The topological polar surface area (TPSA) is 22.4 Å². The second-order valence-corrected chi connectivity index (χ2v) is 2.80. The normalized spacial score (nSPS) is 10.9. The highest BCUT2D eigenvalue weighted by molar-refractivity contribution is 5.78. The van der Waals surface area contributed by atoms with E-state index in [-0.39, 0.29) is 5.82 Å². The Morgan fingerprint density at radius 2 is 2.31 bits per heavy atom. The van der Waals surface area contributed by atoms with Gasteiger partial charge in [0, 0.05) is 12.5 Å². The van der Waals surface area contributed by atoms with Crippen LogP contribution in [-0.2, 0) is 11.3 Å². The van der Waals surface area contributed by atoms with Crippen molar-refractivity contribution in [1.82, 2.24) is 0 Å². The molecule has 68 valence electrons. The zero-order valence-corrected chi connectivity index (χ0v) is 7.21. The first-order chi connectivity index (χ1) is 6.31. The van der Waals surface area contributed by atoms with Crippen molar-refractivity contribution in [3.63, 3.8) is 0 Å². The van der Waals surface area contributed by atoms with Crippen LogP contribution < -0.4 is 0 Å². The second-order valence-electron chi connectivity index (χ2n) is 2.80. The van der Waals surface area contributed by atoms with Gasteiger partial charge in [-0.25, -0.2) is 4.39 Å². The summed E-state index contributed by atoms with van der Waals surface area (Å²) < 4.78 is 23.2. The number of benzene rings is 1. The number of methoxy groups -OCH3 is 1. The van der Waals surface area contributed by atoms with E-state index in [0.717, 1.165) is 5.39 Å². The van der Waals surface area contributed by atoms with Crippen LogP contribution in [0, 0.1) is 5.82 Å². The van der Waals surface area contributed by atoms with Crippen LogP contribution in [0.4, 0.5) is 4.39 Å². The van der Waals surface area contributed by atoms with Crippen LogP contribution in [0.2, 0.25) is 0 Å². The van der Waals surface area contributed by atoms with Crippen molar-refractivity contribution in [1.29, 1.82) is 0 Å². The monoisotopic (exact) mass is 180 g/mol. The highest BCUT2D eigenvalue weighted by Gasteiger charge is 2.06. The summed E-state index contributed by atoms with van der Waals surface area (Å²) in [5, 5.41) is 0.770. The zero-order valence-electron chi connectivity index (χ0n) is 7.21. The third-order valence-corrected chi connectivity index (χ3v) is 1.83. The molecule has 0 saturated heterocycles. The minimum atomic E-state index is -0.333. The van der Waals surface area contributed by atoms with Gasteiger partial charge >= 0.3 is 0 Å². The van der Waals surface area contributed by atoms with Gasteiger partial charge in [-0.15, -0.1) is 0 Å². The molecule has 2 nitrogen and oxygen atoms in total. The van der Waals surface area contributed by atoms with Crippen LogP contribution in [0.15, 0.2) is 28.7 Å². The number of para-hydroxylation sites is 1. The Labute approximate surface area is 74.9 Å². The molecule has 13 heavy (non-hydrogen) atoms. The Balaban J connectivity index is 2.55. The largest absolute Gasteiger partial charge is 0.456 e. The van der Waals surface area contributed by atoms with Gasteiger partial charge in [-0.1, -0.05) is 12.1 Å². The minimum Gasteiger partial charge on any atom is -0.456 e. The van der Waals surface area contributed by atoms with E-state index in [9.17, 15) is 4.39 Å². The Kier molecular flexibility index (Phi) is 2.02. The SMILES string of the molecule is COCc1cc2cccc(F)c2o1. The van der Waals surface area contributed by atoms with Crippen molar-refractivity contribution >= 4 is 11.0 Å². The van der Waals surface area contributed by atoms with E-state index < -0.39 is 0 Å². The van der Waals surface area contributed by atoms with Crippen LogP contribution in [-0.4, -0.2) is 7.11 Å². The maximum absolute atomic E-state index is 13.1. The lowest BCUT2D eigenvalue weighted by molar-refractivity contribution is 0.166. The molecule has 0 atom stereocenters. The molecule has 0 fully saturated rings. The van der Waals surface area contributed by atoms with Crippen molar-refractivity contribution in [3.8, 4) is 0 Å². The minimum absolute atomic E-state index is 0.301. The van der Waals surface area contributed by atoms with Gasteiger partial charge in [0.25, 0.3) is 0 Å². The first kappa shape index (κ1) is 8.26. The van der Waals surface area contributed by atoms with Gasteiger partial charge < -0.3 is 9.15 Å². The molecule has 1 aromatic carbocycles. The van der Waals surface area contributed by atoms with Gasteiger partial charge in [0.2, 0.25) is 0 Å². The smallest absolute Gasteiger partial charge is 0.170 e. The van der Waals surface area contributed by atoms with E-state index in [1.54, 1.807) is 25.3 Å². The highest BCUT2D eigenvalue weighted by Crippen LogP contribution is 2.22. The number of hydrogen-bond donors (Lipinski definition) is 0. The molecular formula is C10H9FO2. The number of furan rings is 1. The fourth-order valence-corrected chi connectivity index (χ4v) is 1.29. The summed E-state index contributed by atoms with van der Waals surface area (Å²) in [5.74, 6) is 0.308. The number of hydrogen-bond acceptors (Lipinski definition) is 2. The fraction of sp³-hybridized carbons (Fsp3) is 0.200. The average Bonchev–Trinajstić information content (AvgIpc) is 2.49. The summed E-state index contributed by atoms with van der Waals surface area (Å²) >= 11 is 0. The van der Waals surface area contributed by atoms with Crippen molar-refractivity contribution in [2.45, 2.75) is 6.61 Å². The number of rotatable bonds is 2. The predicted octanol–water partition coefficient (Wildman–Crippen LogP) is 2.72. The van der Waals surface area contributed by atoms with Gasteiger partial charge in [0.05, 0.1) is 0 Å². The lowest BCUT2D eigenvalue weighted by Crippen LogP contribution is -1.81. The number of fused-ring (bicyclic) bond motifs is 1. The van der Waals surface area contributed by atoms with Gasteiger partial charge in [-0.3, -0.25) is 0 Å². The molecule has 1 heterocycles. The molecule has 0 bridgehead atoms. The molecule has 0 unspecified atom stereocenters. The summed E-state index contributed by atoms with van der Waals surface area (Å²) in [6, 6.07) is 6.62. The summed E-state index contributed by atoms with van der Waals surface area (Å²) in [4.78, 5) is 0. The first-order valence-electron chi connectivity index (χ1n) is 3.97. The maximum Gasteiger partial charge on any atom is 0.170 e. The van der Waals surface area contributed by atoms with E-state index in [4.69, 9.17) is 9.15 Å². The molecule has 0 spiro atoms. The molecule has 0 N–H and O–H groups in total. The Bertz CT molecular complexity index is 420. The molecule has 2 rings (SSSR count). The van der Waals surface area contributed by atoms with Gasteiger partial charge in [0.1, 0.15) is 12.4 Å². The first-order valence-corrected chi connectivity index (χ1v) is 3.97. The van der Waals surface area contributed by atoms with Crippen LogP contribution in [0.5, 0.6) is 0 Å². The molecule has 0 radical (unpaired) electrons. The molecule has 0 saturated carbocycles. The highest BCUT2D eigenvalue weighted by atomic mass is 19.1. The molecular weight excluding hydrogens is 171 g/mol. The molecule has 3 heteroatoms. The molecule has 0 amide bonds. The molecule has 0 aliphatic heterocycles. The standard InChI is InChI=1S/C10H9FO2/c1-12-6-8-5-7-3-2-4-9(11)10(7)13-8/h2-5H,6H2,1H3. The summed E-state index contributed by atoms with van der Waals surface area (Å²) in [7, 11) is 1.57. The molecule has 0 aliphatic carbocycles. The Hall–Kier alpha value is -1.35. The summed E-state index contributed by atoms with van der Waals surface area (Å²) in [6.45, 7) is 0.369. The van der Waals surface area contributed by atoms with Crippen LogP contribution in [0.1, 0.15) is 5.76 Å². The van der Waals surface area contributed by atoms with Crippen LogP contribution in [0.25, 0.3) is 11.0 Å². The third kappa shape index (κ3) is 1.42.